The van der Waals surface area contributed by atoms with Crippen LogP contribution >= 0.6 is 0 Å². The van der Waals surface area contributed by atoms with E-state index in [-0.39, 0.29) is 21.7 Å². The molecule has 22 aromatic carbocycles. The van der Waals surface area contributed by atoms with Crippen molar-refractivity contribution < 1.29 is 17.7 Å². The molecule has 0 spiro atoms. The van der Waals surface area contributed by atoms with Crippen molar-refractivity contribution in [3.05, 3.63) is 512 Å². The van der Waals surface area contributed by atoms with Gasteiger partial charge in [0.25, 0.3) is 0 Å². The Morgan fingerprint density at radius 3 is 0.952 bits per heavy atom. The van der Waals surface area contributed by atoms with Crippen molar-refractivity contribution in [3.8, 4) is 77.9 Å². The van der Waals surface area contributed by atoms with Gasteiger partial charge in [-0.05, 0) is 261 Å². The molecular weight excluding hydrogens is 1790 g/mol. The second-order valence-corrected chi connectivity index (χ2v) is 42.0. The monoisotopic (exact) mass is 1890 g/mol. The molecule has 4 heterocycles. The van der Waals surface area contributed by atoms with Crippen LogP contribution in [0.25, 0.3) is 187 Å². The molecule has 0 saturated heterocycles. The molecule has 700 valence electrons. The van der Waals surface area contributed by atoms with Gasteiger partial charge in [-0.3, -0.25) is 0 Å². The van der Waals surface area contributed by atoms with E-state index in [1.54, 1.807) is 0 Å². The predicted molar refractivity (Wildman–Crippen MR) is 614 cm³/mol. The van der Waals surface area contributed by atoms with Gasteiger partial charge in [-0.15, -0.1) is 0 Å². The summed E-state index contributed by atoms with van der Waals surface area (Å²) in [7, 11) is 0. The van der Waals surface area contributed by atoms with Gasteiger partial charge in [0.1, 0.15) is 44.7 Å². The van der Waals surface area contributed by atoms with Crippen LogP contribution in [0.2, 0.25) is 0 Å². The zero-order valence-corrected chi connectivity index (χ0v) is 82.9. The maximum Gasteiger partial charge on any atom is 0.143 e. The molecule has 7 nitrogen and oxygen atoms in total. The number of fused-ring (bicyclic) bond motifs is 29. The lowest BCUT2D eigenvalue weighted by Gasteiger charge is -2.30. The van der Waals surface area contributed by atoms with Crippen LogP contribution in [0.1, 0.15) is 99.9 Å². The van der Waals surface area contributed by atoms with Crippen molar-refractivity contribution in [2.75, 3.05) is 14.7 Å². The van der Waals surface area contributed by atoms with Crippen molar-refractivity contribution in [1.82, 2.24) is 0 Å². The number of furan rings is 4. The second kappa shape index (κ2) is 33.3. The number of hydrogen-bond donors (Lipinski definition) is 0. The first-order chi connectivity index (χ1) is 71.9. The van der Waals surface area contributed by atoms with E-state index in [1.807, 2.05) is 24.3 Å². The van der Waals surface area contributed by atoms with Crippen molar-refractivity contribution in [2.45, 2.75) is 77.0 Å². The summed E-state index contributed by atoms with van der Waals surface area (Å²) in [4.78, 5) is 7.22. The minimum atomic E-state index is -0.228. The Morgan fingerprint density at radius 1 is 0.163 bits per heavy atom. The fourth-order valence-electron chi connectivity index (χ4n) is 24.9. The number of benzene rings is 22. The topological polar surface area (TPSA) is 62.3 Å². The van der Waals surface area contributed by atoms with E-state index in [0.29, 0.717) is 0 Å². The molecule has 30 rings (SSSR count). The summed E-state index contributed by atoms with van der Waals surface area (Å²) in [5.41, 5.74) is 44.7. The minimum Gasteiger partial charge on any atom is -0.456 e. The SMILES string of the molecule is CC1(C)c2cc(N(c3ccc(-c4ccc5ccccc5c4)cc3)c3cccc4oc5ccccc5c34)ccc2-c2c1ccc1c2oc2ccccc21.CC1(C)c2cc(N(c3ccc(-c4ccc5ccccc5c4)cc3)c3ccccc3-c3ccccc3)ccc2-c2c1ccc1c2oc2ccccc21.CC1(C)c2ccccc2-c2ccc(N(c3ccccc3)c3ccc4c(c3)C(C)(C)c3ccc5c(oc6ccccc65)c3-4)cc21. The summed E-state index contributed by atoms with van der Waals surface area (Å²) in [6, 6.07) is 169. The molecular formula is C140H101N3O4. The first-order valence-electron chi connectivity index (χ1n) is 51.1. The Kier molecular flexibility index (Phi) is 19.7. The molecule has 4 aliphatic rings. The largest absolute Gasteiger partial charge is 0.456 e. The number of para-hydroxylation sites is 6. The van der Waals surface area contributed by atoms with Gasteiger partial charge in [0.05, 0.1) is 16.8 Å². The molecule has 0 unspecified atom stereocenters. The molecule has 0 aliphatic heterocycles. The molecule has 0 fully saturated rings. The summed E-state index contributed by atoms with van der Waals surface area (Å²) in [6.45, 7) is 18.7. The smallest absolute Gasteiger partial charge is 0.143 e. The van der Waals surface area contributed by atoms with E-state index in [2.05, 4.69) is 513 Å². The van der Waals surface area contributed by atoms with E-state index in [4.69, 9.17) is 17.7 Å². The highest BCUT2D eigenvalue weighted by molar-refractivity contribution is 6.17. The van der Waals surface area contributed by atoms with Crippen molar-refractivity contribution in [1.29, 1.82) is 0 Å². The summed E-state index contributed by atoms with van der Waals surface area (Å²) in [5.74, 6) is 0. The van der Waals surface area contributed by atoms with Gasteiger partial charge in [0.2, 0.25) is 0 Å². The van der Waals surface area contributed by atoms with Gasteiger partial charge >= 0.3 is 0 Å². The van der Waals surface area contributed by atoms with Crippen LogP contribution in [0.3, 0.4) is 0 Å². The first-order valence-corrected chi connectivity index (χ1v) is 51.1. The van der Waals surface area contributed by atoms with E-state index >= 15 is 0 Å². The molecule has 0 atom stereocenters. The van der Waals surface area contributed by atoms with Crippen molar-refractivity contribution in [3.63, 3.8) is 0 Å². The van der Waals surface area contributed by atoms with Gasteiger partial charge in [0.15, 0.2) is 0 Å². The number of nitrogens with zero attached hydrogens (tertiary/aromatic N) is 3. The number of hydrogen-bond acceptors (Lipinski definition) is 7. The number of anilines is 9. The molecule has 26 aromatic rings. The Hall–Kier alpha value is -18.0. The zero-order chi connectivity index (χ0) is 98.5. The standard InChI is InChI=1S/C49H33NO2.C49H35NO.C42H33NO/c1-49(2)40-27-26-37-36-12-5-7-15-43(36)52-48(37)46(40)38-25-24-35(29-41(38)49)50(42-14-9-17-45-47(42)39-13-6-8-16-44(39)51-45)34-22-20-31(21-23-34)33-19-18-30-10-3-4-11-32(30)28-33;1-49(2)43-29-28-41-40-17-9-11-19-46(40)51-48(41)47(43)42-27-26-38(31-44(42)49)50(45-18-10-8-16-39(45)34-13-4-3-5-14-34)37-24-22-33(23-25-37)36-21-20-32-12-6-7-15-35(32)30-36;1-41(2)34-16-10-8-14-29(34)30-20-18-27(24-36(30)41)43(26-12-6-5-7-13-26)28-19-21-33-37(25-28)42(3,4)35-23-22-32-31-15-9-11-17-38(31)44-40(32)39(33)35/h3-29H,1-2H3;3-31H,1-2H3;5-25H,1-4H3. The quantitative estimate of drug-likeness (QED) is 0.121. The van der Waals surface area contributed by atoms with E-state index in [1.165, 1.54) is 166 Å². The van der Waals surface area contributed by atoms with Crippen LogP contribution < -0.4 is 14.7 Å². The Morgan fingerprint density at radius 2 is 0.483 bits per heavy atom. The Bertz CT molecular complexity index is 9890. The summed E-state index contributed by atoms with van der Waals surface area (Å²) in [5, 5.41) is 14.2. The lowest BCUT2D eigenvalue weighted by Crippen LogP contribution is -2.18. The molecule has 0 bridgehead atoms. The highest BCUT2D eigenvalue weighted by Gasteiger charge is 2.44. The third-order valence-electron chi connectivity index (χ3n) is 32.4. The average molecular weight is 1890 g/mol. The fraction of sp³-hybridized carbons (Fsp3) is 0.0857. The van der Waals surface area contributed by atoms with Crippen LogP contribution in [0, 0.1) is 0 Å². The van der Waals surface area contributed by atoms with Crippen LogP contribution in [-0.4, -0.2) is 0 Å². The summed E-state index contributed by atoms with van der Waals surface area (Å²) in [6.07, 6.45) is 0. The van der Waals surface area contributed by atoms with E-state index < -0.39 is 0 Å². The maximum atomic E-state index is 6.59. The Labute approximate surface area is 853 Å². The lowest BCUT2D eigenvalue weighted by atomic mass is 9.82. The van der Waals surface area contributed by atoms with E-state index in [0.717, 1.165) is 117 Å². The van der Waals surface area contributed by atoms with Crippen LogP contribution in [-0.2, 0) is 21.7 Å². The molecule has 147 heavy (non-hydrogen) atoms. The van der Waals surface area contributed by atoms with Gasteiger partial charge in [-0.25, -0.2) is 0 Å². The normalized spacial score (nSPS) is 13.8. The molecule has 0 amide bonds. The van der Waals surface area contributed by atoms with Crippen LogP contribution in [0.4, 0.5) is 51.2 Å². The summed E-state index contributed by atoms with van der Waals surface area (Å²) < 4.78 is 26.1. The predicted octanol–water partition coefficient (Wildman–Crippen LogP) is 39.6. The molecule has 0 radical (unpaired) electrons. The second-order valence-electron chi connectivity index (χ2n) is 42.0. The lowest BCUT2D eigenvalue weighted by molar-refractivity contribution is 0.653. The van der Waals surface area contributed by atoms with Crippen LogP contribution in [0.15, 0.2) is 485 Å². The zero-order valence-electron chi connectivity index (χ0n) is 82.9. The van der Waals surface area contributed by atoms with Crippen LogP contribution in [0.5, 0.6) is 0 Å². The van der Waals surface area contributed by atoms with E-state index in [9.17, 15) is 0 Å². The molecule has 4 aromatic heterocycles. The molecule has 7 heteroatoms. The van der Waals surface area contributed by atoms with Gasteiger partial charge in [-0.1, -0.05) is 383 Å². The van der Waals surface area contributed by atoms with Crippen molar-refractivity contribution in [2.24, 2.45) is 0 Å². The highest BCUT2D eigenvalue weighted by Crippen LogP contribution is 2.61. The molecule has 0 N–H and O–H groups in total. The summed E-state index contributed by atoms with van der Waals surface area (Å²) >= 11 is 0. The maximum absolute atomic E-state index is 6.59. The molecule has 0 saturated carbocycles. The van der Waals surface area contributed by atoms with Gasteiger partial charge in [-0.2, -0.15) is 0 Å². The average Bonchev–Trinajstić information content (AvgIpc) is 1.56. The molecule has 4 aliphatic carbocycles. The van der Waals surface area contributed by atoms with Gasteiger partial charge < -0.3 is 32.4 Å². The van der Waals surface area contributed by atoms with Gasteiger partial charge in [0, 0.05) is 121 Å². The number of rotatable bonds is 12. The van der Waals surface area contributed by atoms with Crippen molar-refractivity contribution >= 4 is 160 Å². The first kappa shape index (κ1) is 86.8. The minimum absolute atomic E-state index is 0.0657. The Balaban J connectivity index is 0.000000107. The third kappa shape index (κ3) is 13.7. The highest BCUT2D eigenvalue weighted by atomic mass is 16.3. The fourth-order valence-corrected chi connectivity index (χ4v) is 24.9. The third-order valence-corrected chi connectivity index (χ3v) is 32.4.